The van der Waals surface area contributed by atoms with E-state index in [0.717, 1.165) is 0 Å². The van der Waals surface area contributed by atoms with Gasteiger partial charge in [-0.2, -0.15) is 4.52 Å². The minimum absolute atomic E-state index is 0.00564. The first-order chi connectivity index (χ1) is 11.7. The van der Waals surface area contributed by atoms with Gasteiger partial charge in [-0.3, -0.25) is 10.1 Å². The monoisotopic (exact) mass is 328 g/mol. The zero-order valence-electron chi connectivity index (χ0n) is 12.4. The molecule has 3 aromatic rings. The molecule has 0 aliphatic carbocycles. The first-order valence-corrected chi connectivity index (χ1v) is 7.26. The summed E-state index contributed by atoms with van der Waals surface area (Å²) in [4.78, 5) is 12.3. The molecule has 11 heteroatoms. The van der Waals surface area contributed by atoms with Crippen LogP contribution in [0, 0.1) is 10.1 Å². The van der Waals surface area contributed by atoms with Crippen LogP contribution >= 0.6 is 0 Å². The molecule has 11 nitrogen and oxygen atoms in total. The molecule has 0 saturated carbocycles. The van der Waals surface area contributed by atoms with Crippen molar-refractivity contribution in [1.82, 2.24) is 30.0 Å². The lowest BCUT2D eigenvalue weighted by molar-refractivity contribution is -0.384. The Morgan fingerprint density at radius 2 is 1.75 bits per heavy atom. The summed E-state index contributed by atoms with van der Waals surface area (Å²) in [6.07, 6.45) is 0. The summed E-state index contributed by atoms with van der Waals surface area (Å²) < 4.78 is 6.85. The second-order valence-corrected chi connectivity index (χ2v) is 5.14. The van der Waals surface area contributed by atoms with Crippen molar-refractivity contribution >= 4 is 17.4 Å². The standard InChI is InChI=1S/C13H12N8O3/c22-21(23)10-3-1-9(2-4-10)11-14-15-12-16-17-13(20(12)18-11)19-5-7-24-8-6-19/h1-4H,5-8H2. The van der Waals surface area contributed by atoms with E-state index >= 15 is 0 Å². The number of morpholine rings is 1. The van der Waals surface area contributed by atoms with Gasteiger partial charge in [-0.25, -0.2) is 0 Å². The molecule has 1 fully saturated rings. The molecule has 122 valence electrons. The number of ether oxygens (including phenoxy) is 1. The van der Waals surface area contributed by atoms with Gasteiger partial charge < -0.3 is 9.64 Å². The van der Waals surface area contributed by atoms with Gasteiger partial charge in [0.25, 0.3) is 11.5 Å². The fraction of sp³-hybridized carbons (Fsp3) is 0.308. The van der Waals surface area contributed by atoms with Crippen LogP contribution < -0.4 is 4.90 Å². The molecular weight excluding hydrogens is 316 g/mol. The Balaban J connectivity index is 1.72. The van der Waals surface area contributed by atoms with Gasteiger partial charge in [-0.1, -0.05) is 0 Å². The molecule has 1 saturated heterocycles. The maximum atomic E-state index is 10.7. The Labute approximate surface area is 135 Å². The highest BCUT2D eigenvalue weighted by Crippen LogP contribution is 2.20. The van der Waals surface area contributed by atoms with E-state index in [4.69, 9.17) is 4.74 Å². The summed E-state index contributed by atoms with van der Waals surface area (Å²) in [6.45, 7) is 2.61. The topological polar surface area (TPSA) is 124 Å². The van der Waals surface area contributed by atoms with Crippen LogP contribution in [0.25, 0.3) is 17.2 Å². The Hall–Kier alpha value is -3.21. The molecule has 0 radical (unpaired) electrons. The minimum atomic E-state index is -0.456. The van der Waals surface area contributed by atoms with Crippen LogP contribution in [0.5, 0.6) is 0 Å². The van der Waals surface area contributed by atoms with E-state index in [1.54, 1.807) is 12.1 Å². The molecule has 0 spiro atoms. The fourth-order valence-corrected chi connectivity index (χ4v) is 2.43. The van der Waals surface area contributed by atoms with Crippen LogP contribution in [0.3, 0.4) is 0 Å². The number of fused-ring (bicyclic) bond motifs is 1. The van der Waals surface area contributed by atoms with E-state index in [2.05, 4.69) is 25.5 Å². The van der Waals surface area contributed by atoms with Crippen molar-refractivity contribution in [2.75, 3.05) is 31.2 Å². The van der Waals surface area contributed by atoms with Crippen LogP contribution in [0.2, 0.25) is 0 Å². The SMILES string of the molecule is O=[N+]([O-])c1ccc(-c2nnc3nnc(N4CCOCC4)n3n2)cc1. The van der Waals surface area contributed by atoms with Crippen molar-refractivity contribution in [2.45, 2.75) is 0 Å². The molecule has 0 bridgehead atoms. The lowest BCUT2D eigenvalue weighted by Crippen LogP contribution is -2.37. The van der Waals surface area contributed by atoms with Gasteiger partial charge in [0.15, 0.2) is 0 Å². The number of non-ortho nitro benzene ring substituents is 1. The number of hydrogen-bond donors (Lipinski definition) is 0. The van der Waals surface area contributed by atoms with Gasteiger partial charge in [-0.05, 0) is 12.1 Å². The second-order valence-electron chi connectivity index (χ2n) is 5.14. The Bertz CT molecular complexity index is 888. The van der Waals surface area contributed by atoms with Crippen LogP contribution in [0.1, 0.15) is 0 Å². The van der Waals surface area contributed by atoms with E-state index in [-0.39, 0.29) is 5.69 Å². The lowest BCUT2D eigenvalue weighted by atomic mass is 10.2. The van der Waals surface area contributed by atoms with E-state index in [1.807, 2.05) is 4.90 Å². The van der Waals surface area contributed by atoms with Crippen LogP contribution in [-0.4, -0.2) is 61.2 Å². The number of aromatic nitrogens is 6. The van der Waals surface area contributed by atoms with E-state index in [9.17, 15) is 10.1 Å². The molecule has 3 heterocycles. The molecule has 0 unspecified atom stereocenters. The average Bonchev–Trinajstić information content (AvgIpc) is 3.05. The van der Waals surface area contributed by atoms with E-state index < -0.39 is 4.92 Å². The predicted molar refractivity (Wildman–Crippen MR) is 81.5 cm³/mol. The summed E-state index contributed by atoms with van der Waals surface area (Å²) >= 11 is 0. The van der Waals surface area contributed by atoms with Gasteiger partial charge >= 0.3 is 0 Å². The third-order valence-electron chi connectivity index (χ3n) is 3.67. The number of nitrogens with zero attached hydrogens (tertiary/aromatic N) is 8. The summed E-state index contributed by atoms with van der Waals surface area (Å²) in [5.74, 6) is 1.21. The number of nitro groups is 1. The molecule has 2 aromatic heterocycles. The molecule has 0 atom stereocenters. The second kappa shape index (κ2) is 5.77. The highest BCUT2D eigenvalue weighted by atomic mass is 16.6. The van der Waals surface area contributed by atoms with E-state index in [0.29, 0.717) is 49.4 Å². The smallest absolute Gasteiger partial charge is 0.292 e. The first-order valence-electron chi connectivity index (χ1n) is 7.26. The Morgan fingerprint density at radius 3 is 2.46 bits per heavy atom. The number of rotatable bonds is 3. The lowest BCUT2D eigenvalue weighted by Gasteiger charge is -2.25. The summed E-state index contributed by atoms with van der Waals surface area (Å²) in [5, 5.41) is 31.3. The van der Waals surface area contributed by atoms with Crippen LogP contribution in [-0.2, 0) is 4.74 Å². The van der Waals surface area contributed by atoms with Gasteiger partial charge in [0.05, 0.1) is 18.1 Å². The highest BCUT2D eigenvalue weighted by molar-refractivity contribution is 5.57. The van der Waals surface area contributed by atoms with Crippen LogP contribution in [0.15, 0.2) is 24.3 Å². The number of hydrogen-bond acceptors (Lipinski definition) is 9. The highest BCUT2D eigenvalue weighted by Gasteiger charge is 2.19. The summed E-state index contributed by atoms with van der Waals surface area (Å²) in [6, 6.07) is 5.97. The zero-order valence-corrected chi connectivity index (χ0v) is 12.4. The predicted octanol–water partition coefficient (Wildman–Crippen LogP) is 0.326. The van der Waals surface area contributed by atoms with Gasteiger partial charge in [0, 0.05) is 30.8 Å². The largest absolute Gasteiger partial charge is 0.378 e. The maximum Gasteiger partial charge on any atom is 0.292 e. The Morgan fingerprint density at radius 1 is 1.04 bits per heavy atom. The van der Waals surface area contributed by atoms with Crippen molar-refractivity contribution in [1.29, 1.82) is 0 Å². The molecule has 1 aliphatic heterocycles. The minimum Gasteiger partial charge on any atom is -0.378 e. The average molecular weight is 328 g/mol. The molecular formula is C13H12N8O3. The molecule has 0 N–H and O–H groups in total. The molecule has 1 aromatic carbocycles. The number of nitro benzene ring substituents is 1. The number of anilines is 1. The van der Waals surface area contributed by atoms with Crippen LogP contribution in [0.4, 0.5) is 11.6 Å². The quantitative estimate of drug-likeness (QED) is 0.494. The van der Waals surface area contributed by atoms with Gasteiger partial charge in [-0.15, -0.1) is 25.5 Å². The van der Waals surface area contributed by atoms with Gasteiger partial charge in [0.2, 0.25) is 11.8 Å². The molecule has 4 rings (SSSR count). The number of benzene rings is 1. The summed E-state index contributed by atoms with van der Waals surface area (Å²) in [5.41, 5.74) is 0.628. The normalized spacial score (nSPS) is 14.9. The van der Waals surface area contributed by atoms with Crippen molar-refractivity contribution in [3.63, 3.8) is 0 Å². The molecule has 0 amide bonds. The third kappa shape index (κ3) is 2.50. The first kappa shape index (κ1) is 14.4. The van der Waals surface area contributed by atoms with Crippen molar-refractivity contribution in [3.05, 3.63) is 34.4 Å². The van der Waals surface area contributed by atoms with Crippen molar-refractivity contribution in [2.24, 2.45) is 0 Å². The maximum absolute atomic E-state index is 10.7. The Kier molecular flexibility index (Phi) is 3.46. The zero-order chi connectivity index (χ0) is 16.5. The molecule has 24 heavy (non-hydrogen) atoms. The van der Waals surface area contributed by atoms with Crippen molar-refractivity contribution < 1.29 is 9.66 Å². The fourth-order valence-electron chi connectivity index (χ4n) is 2.43. The molecule has 1 aliphatic rings. The third-order valence-corrected chi connectivity index (χ3v) is 3.67. The summed E-state index contributed by atoms with van der Waals surface area (Å²) in [7, 11) is 0. The van der Waals surface area contributed by atoms with E-state index in [1.165, 1.54) is 16.6 Å². The van der Waals surface area contributed by atoms with Gasteiger partial charge in [0.1, 0.15) is 0 Å². The van der Waals surface area contributed by atoms with Crippen molar-refractivity contribution in [3.8, 4) is 11.4 Å².